The van der Waals surface area contributed by atoms with Crippen LogP contribution in [0.3, 0.4) is 0 Å². The fourth-order valence-corrected chi connectivity index (χ4v) is 3.69. The summed E-state index contributed by atoms with van der Waals surface area (Å²) in [6, 6.07) is 13.5. The van der Waals surface area contributed by atoms with Crippen molar-refractivity contribution in [2.75, 3.05) is 0 Å². The topological polar surface area (TPSA) is 50.2 Å². The van der Waals surface area contributed by atoms with Gasteiger partial charge in [-0.3, -0.25) is 0 Å². The summed E-state index contributed by atoms with van der Waals surface area (Å²) >= 11 is 2.91. The van der Waals surface area contributed by atoms with Gasteiger partial charge < -0.3 is 5.11 Å². The lowest BCUT2D eigenvalue weighted by Gasteiger charge is -1.97. The van der Waals surface area contributed by atoms with E-state index in [9.17, 15) is 9.90 Å². The highest BCUT2D eigenvalue weighted by Crippen LogP contribution is 2.30. The highest BCUT2D eigenvalue weighted by Gasteiger charge is 2.18. The molecule has 0 spiro atoms. The molecular formula is C15H11NO2S2. The van der Waals surface area contributed by atoms with Gasteiger partial charge in [-0.25, -0.2) is 9.78 Å². The first-order valence-corrected chi connectivity index (χ1v) is 7.74. The second-order valence-electron chi connectivity index (χ2n) is 4.21. The minimum atomic E-state index is -0.918. The summed E-state index contributed by atoms with van der Waals surface area (Å²) in [6.45, 7) is 0. The molecular weight excluding hydrogens is 290 g/mol. The van der Waals surface area contributed by atoms with E-state index < -0.39 is 5.97 Å². The van der Waals surface area contributed by atoms with Crippen molar-refractivity contribution in [2.45, 2.75) is 6.42 Å². The van der Waals surface area contributed by atoms with E-state index in [4.69, 9.17) is 0 Å². The van der Waals surface area contributed by atoms with Crippen LogP contribution >= 0.6 is 22.7 Å². The molecule has 0 unspecified atom stereocenters. The fourth-order valence-electron chi connectivity index (χ4n) is 1.94. The Labute approximate surface area is 124 Å². The number of carboxylic acid groups (broad SMARTS) is 1. The minimum Gasteiger partial charge on any atom is -0.477 e. The Morgan fingerprint density at radius 1 is 1.15 bits per heavy atom. The van der Waals surface area contributed by atoms with Gasteiger partial charge in [0.15, 0.2) is 0 Å². The van der Waals surface area contributed by atoms with Crippen molar-refractivity contribution in [3.05, 3.63) is 62.6 Å². The van der Waals surface area contributed by atoms with E-state index >= 15 is 0 Å². The van der Waals surface area contributed by atoms with E-state index in [0.717, 1.165) is 10.6 Å². The Morgan fingerprint density at radius 3 is 2.60 bits per heavy atom. The van der Waals surface area contributed by atoms with E-state index in [-0.39, 0.29) is 0 Å². The maximum absolute atomic E-state index is 11.4. The van der Waals surface area contributed by atoms with Crippen molar-refractivity contribution in [1.29, 1.82) is 0 Å². The summed E-state index contributed by atoms with van der Waals surface area (Å²) in [6.07, 6.45) is 0.690. The number of benzene rings is 1. The first-order chi connectivity index (χ1) is 9.74. The predicted octanol–water partition coefficient (Wildman–Crippen LogP) is 4.16. The van der Waals surface area contributed by atoms with Gasteiger partial charge in [-0.1, -0.05) is 36.4 Å². The molecule has 0 aliphatic heterocycles. The number of carboxylic acids is 1. The molecule has 3 rings (SSSR count). The number of thiazole rings is 1. The quantitative estimate of drug-likeness (QED) is 0.787. The Bertz CT molecular complexity index is 718. The van der Waals surface area contributed by atoms with E-state index in [0.29, 0.717) is 17.0 Å². The van der Waals surface area contributed by atoms with Crippen LogP contribution in [0.2, 0.25) is 0 Å². The van der Waals surface area contributed by atoms with Crippen LogP contribution in [0.1, 0.15) is 19.6 Å². The van der Waals surface area contributed by atoms with Gasteiger partial charge in [-0.15, -0.1) is 22.7 Å². The molecule has 2 heterocycles. The highest BCUT2D eigenvalue weighted by atomic mass is 32.1. The summed E-state index contributed by atoms with van der Waals surface area (Å²) in [5.74, 6) is -0.918. The number of hydrogen-bond acceptors (Lipinski definition) is 4. The van der Waals surface area contributed by atoms with Crippen LogP contribution in [-0.2, 0) is 6.42 Å². The summed E-state index contributed by atoms with van der Waals surface area (Å²) < 4.78 is 0. The molecule has 0 amide bonds. The zero-order valence-electron chi connectivity index (χ0n) is 10.4. The van der Waals surface area contributed by atoms with Crippen molar-refractivity contribution in [2.24, 2.45) is 0 Å². The van der Waals surface area contributed by atoms with Crippen LogP contribution < -0.4 is 0 Å². The van der Waals surface area contributed by atoms with E-state index in [1.54, 1.807) is 11.3 Å². The van der Waals surface area contributed by atoms with Crippen LogP contribution in [0.5, 0.6) is 0 Å². The molecule has 20 heavy (non-hydrogen) atoms. The smallest absolute Gasteiger partial charge is 0.348 e. The third kappa shape index (κ3) is 2.64. The molecule has 1 N–H and O–H groups in total. The average molecular weight is 301 g/mol. The van der Waals surface area contributed by atoms with Crippen LogP contribution in [0.25, 0.3) is 11.3 Å². The largest absolute Gasteiger partial charge is 0.477 e. The molecule has 2 aromatic heterocycles. The molecule has 0 radical (unpaired) electrons. The van der Waals surface area contributed by atoms with Gasteiger partial charge in [-0.2, -0.15) is 0 Å². The van der Waals surface area contributed by atoms with Gasteiger partial charge in [0.2, 0.25) is 0 Å². The Morgan fingerprint density at radius 2 is 1.95 bits per heavy atom. The average Bonchev–Trinajstić information content (AvgIpc) is 3.10. The standard InChI is InChI=1S/C15H11NO2S2/c17-15(18)14-13(10-5-2-1-3-6-10)16-12(20-14)9-11-7-4-8-19-11/h1-8H,9H2,(H,17,18). The Balaban J connectivity index is 2.01. The molecule has 0 aliphatic rings. The van der Waals surface area contributed by atoms with E-state index in [1.165, 1.54) is 16.2 Å². The van der Waals surface area contributed by atoms with Gasteiger partial charge in [-0.05, 0) is 11.4 Å². The van der Waals surface area contributed by atoms with Crippen molar-refractivity contribution < 1.29 is 9.90 Å². The first kappa shape index (κ1) is 13.0. The normalized spacial score (nSPS) is 10.6. The SMILES string of the molecule is O=C(O)c1sc(Cc2cccs2)nc1-c1ccccc1. The van der Waals surface area contributed by atoms with Crippen molar-refractivity contribution in [1.82, 2.24) is 4.98 Å². The number of hydrogen-bond donors (Lipinski definition) is 1. The lowest BCUT2D eigenvalue weighted by Crippen LogP contribution is -1.95. The minimum absolute atomic E-state index is 0.308. The van der Waals surface area contributed by atoms with Crippen LogP contribution in [0, 0.1) is 0 Å². The van der Waals surface area contributed by atoms with Gasteiger partial charge in [0.25, 0.3) is 0 Å². The zero-order valence-corrected chi connectivity index (χ0v) is 12.1. The molecule has 3 nitrogen and oxygen atoms in total. The summed E-state index contributed by atoms with van der Waals surface area (Å²) in [7, 11) is 0. The molecule has 0 saturated heterocycles. The first-order valence-electron chi connectivity index (χ1n) is 6.05. The lowest BCUT2D eigenvalue weighted by atomic mass is 10.1. The Kier molecular flexibility index (Phi) is 3.62. The number of carbonyl (C=O) groups is 1. The second-order valence-corrected chi connectivity index (χ2v) is 6.33. The van der Waals surface area contributed by atoms with Gasteiger partial charge in [0.1, 0.15) is 4.88 Å². The molecule has 0 atom stereocenters. The molecule has 3 aromatic rings. The molecule has 0 aliphatic carbocycles. The molecule has 5 heteroatoms. The number of aromatic nitrogens is 1. The highest BCUT2D eigenvalue weighted by molar-refractivity contribution is 7.14. The third-order valence-corrected chi connectivity index (χ3v) is 4.74. The second kappa shape index (κ2) is 5.56. The van der Waals surface area contributed by atoms with Gasteiger partial charge in [0, 0.05) is 16.9 Å². The number of aromatic carboxylic acids is 1. The molecule has 100 valence electrons. The van der Waals surface area contributed by atoms with Crippen LogP contribution in [0.4, 0.5) is 0 Å². The molecule has 0 fully saturated rings. The van der Waals surface area contributed by atoms with Crippen molar-refractivity contribution in [3.8, 4) is 11.3 Å². The maximum Gasteiger partial charge on any atom is 0.348 e. The molecule has 0 saturated carbocycles. The van der Waals surface area contributed by atoms with Crippen LogP contribution in [0.15, 0.2) is 47.8 Å². The number of nitrogens with zero attached hydrogens (tertiary/aromatic N) is 1. The predicted molar refractivity (Wildman–Crippen MR) is 81.6 cm³/mol. The van der Waals surface area contributed by atoms with Gasteiger partial charge >= 0.3 is 5.97 Å². The monoisotopic (exact) mass is 301 g/mol. The van der Waals surface area contributed by atoms with Crippen molar-refractivity contribution >= 4 is 28.6 Å². The zero-order chi connectivity index (χ0) is 13.9. The molecule has 0 bridgehead atoms. The molecule has 1 aromatic carbocycles. The number of thiophene rings is 1. The van der Waals surface area contributed by atoms with E-state index in [1.807, 2.05) is 47.8 Å². The van der Waals surface area contributed by atoms with E-state index in [2.05, 4.69) is 4.98 Å². The van der Waals surface area contributed by atoms with Crippen LogP contribution in [-0.4, -0.2) is 16.1 Å². The summed E-state index contributed by atoms with van der Waals surface area (Å²) in [4.78, 5) is 17.4. The number of rotatable bonds is 4. The van der Waals surface area contributed by atoms with Crippen molar-refractivity contribution in [3.63, 3.8) is 0 Å². The lowest BCUT2D eigenvalue weighted by molar-refractivity contribution is 0.0702. The third-order valence-electron chi connectivity index (χ3n) is 2.82. The summed E-state index contributed by atoms with van der Waals surface area (Å²) in [5, 5.41) is 12.2. The maximum atomic E-state index is 11.4. The Hall–Kier alpha value is -1.98. The van der Waals surface area contributed by atoms with Gasteiger partial charge in [0.05, 0.1) is 10.7 Å². The summed E-state index contributed by atoms with van der Waals surface area (Å²) in [5.41, 5.74) is 1.41. The fraction of sp³-hybridized carbons (Fsp3) is 0.0667.